The SMILES string of the molecule is CC1C[C@H]2[C@@H]3CCC(=O)[C@@]3(C)CC[C@@H]2[C@@]2(C)CC[C@H](O)CC12O. The Labute approximate surface area is 139 Å². The number of aliphatic hydroxyl groups is 2. The number of hydrogen-bond acceptors (Lipinski definition) is 3. The number of ketones is 1. The zero-order valence-electron chi connectivity index (χ0n) is 14.8. The van der Waals surface area contributed by atoms with Gasteiger partial charge in [0.25, 0.3) is 0 Å². The van der Waals surface area contributed by atoms with Gasteiger partial charge in [0.2, 0.25) is 0 Å². The van der Waals surface area contributed by atoms with Gasteiger partial charge in [0.05, 0.1) is 11.7 Å². The van der Waals surface area contributed by atoms with Crippen LogP contribution in [0.4, 0.5) is 0 Å². The van der Waals surface area contributed by atoms with Crippen LogP contribution in [0.5, 0.6) is 0 Å². The van der Waals surface area contributed by atoms with E-state index in [2.05, 4.69) is 20.8 Å². The third kappa shape index (κ3) is 1.87. The minimum absolute atomic E-state index is 0.0957. The molecule has 0 amide bonds. The molecule has 0 heterocycles. The van der Waals surface area contributed by atoms with E-state index in [-0.39, 0.29) is 22.9 Å². The maximum absolute atomic E-state index is 12.5. The summed E-state index contributed by atoms with van der Waals surface area (Å²) >= 11 is 0. The fraction of sp³-hybridized carbons (Fsp3) is 0.950. The third-order valence-corrected chi connectivity index (χ3v) is 8.94. The van der Waals surface area contributed by atoms with Crippen molar-refractivity contribution in [3.8, 4) is 0 Å². The molecule has 130 valence electrons. The molecule has 0 aromatic carbocycles. The van der Waals surface area contributed by atoms with Gasteiger partial charge in [-0.05, 0) is 67.6 Å². The van der Waals surface area contributed by atoms with E-state index in [1.165, 1.54) is 0 Å². The highest BCUT2D eigenvalue weighted by Crippen LogP contribution is 2.67. The average Bonchev–Trinajstić information content (AvgIpc) is 2.79. The Hall–Kier alpha value is -0.410. The first-order chi connectivity index (χ1) is 10.7. The van der Waals surface area contributed by atoms with E-state index >= 15 is 0 Å². The van der Waals surface area contributed by atoms with Crippen LogP contribution in [0.2, 0.25) is 0 Å². The Morgan fingerprint density at radius 3 is 2.57 bits per heavy atom. The quantitative estimate of drug-likeness (QED) is 0.720. The molecule has 4 aliphatic rings. The molecular weight excluding hydrogens is 288 g/mol. The molecule has 8 atom stereocenters. The molecule has 4 fully saturated rings. The van der Waals surface area contributed by atoms with E-state index in [4.69, 9.17) is 0 Å². The van der Waals surface area contributed by atoms with Crippen LogP contribution in [-0.2, 0) is 4.79 Å². The summed E-state index contributed by atoms with van der Waals surface area (Å²) in [5.41, 5.74) is -0.926. The monoisotopic (exact) mass is 320 g/mol. The van der Waals surface area contributed by atoms with Gasteiger partial charge in [0.1, 0.15) is 5.78 Å². The van der Waals surface area contributed by atoms with Gasteiger partial charge in [-0.1, -0.05) is 20.8 Å². The van der Waals surface area contributed by atoms with Crippen molar-refractivity contribution in [3.63, 3.8) is 0 Å². The fourth-order valence-corrected chi connectivity index (χ4v) is 7.43. The second-order valence-corrected chi connectivity index (χ2v) is 9.67. The van der Waals surface area contributed by atoms with Crippen LogP contribution < -0.4 is 0 Å². The van der Waals surface area contributed by atoms with E-state index in [1.54, 1.807) is 0 Å². The molecule has 2 N–H and O–H groups in total. The second kappa shape index (κ2) is 4.82. The molecule has 0 saturated heterocycles. The highest BCUT2D eigenvalue weighted by Gasteiger charge is 2.66. The van der Waals surface area contributed by atoms with Crippen LogP contribution in [0.25, 0.3) is 0 Å². The van der Waals surface area contributed by atoms with Crippen LogP contribution in [0.15, 0.2) is 0 Å². The van der Waals surface area contributed by atoms with Crippen LogP contribution in [0.1, 0.15) is 72.1 Å². The van der Waals surface area contributed by atoms with Gasteiger partial charge in [-0.2, -0.15) is 0 Å². The van der Waals surface area contributed by atoms with Crippen LogP contribution in [0, 0.1) is 34.5 Å². The lowest BCUT2D eigenvalue weighted by Crippen LogP contribution is -2.66. The van der Waals surface area contributed by atoms with E-state index in [9.17, 15) is 15.0 Å². The standard InChI is InChI=1S/C20H32O3/c1-12-10-14-15-4-5-17(22)18(15,2)8-7-16(14)19(3)9-6-13(21)11-20(12,19)23/h12-16,21,23H,4-11H2,1-3H3/t12?,13-,14-,15-,16-,18-,19+,20?/m0/s1. The lowest BCUT2D eigenvalue weighted by molar-refractivity contribution is -0.241. The number of carbonyl (C=O) groups excluding carboxylic acids is 1. The smallest absolute Gasteiger partial charge is 0.139 e. The van der Waals surface area contributed by atoms with Crippen molar-refractivity contribution in [3.05, 3.63) is 0 Å². The molecular formula is C20H32O3. The first-order valence-corrected chi connectivity index (χ1v) is 9.66. The van der Waals surface area contributed by atoms with Crippen LogP contribution >= 0.6 is 0 Å². The van der Waals surface area contributed by atoms with Gasteiger partial charge in [-0.3, -0.25) is 4.79 Å². The van der Waals surface area contributed by atoms with Crippen molar-refractivity contribution in [2.24, 2.45) is 34.5 Å². The van der Waals surface area contributed by atoms with Gasteiger partial charge in [0, 0.05) is 18.3 Å². The number of Topliss-reactive ketones (excluding diaryl/α,β-unsaturated/α-hetero) is 1. The minimum Gasteiger partial charge on any atom is -0.393 e. The number of carbonyl (C=O) groups is 1. The van der Waals surface area contributed by atoms with E-state index < -0.39 is 5.60 Å². The summed E-state index contributed by atoms with van der Waals surface area (Å²) in [5, 5.41) is 21.7. The summed E-state index contributed by atoms with van der Waals surface area (Å²) in [6, 6.07) is 0. The van der Waals surface area contributed by atoms with E-state index in [1.807, 2.05) is 0 Å². The molecule has 0 aliphatic heterocycles. The predicted octanol–water partition coefficient (Wildman–Crippen LogP) is 3.32. The Balaban J connectivity index is 1.72. The van der Waals surface area contributed by atoms with Gasteiger partial charge in [-0.25, -0.2) is 0 Å². The maximum Gasteiger partial charge on any atom is 0.139 e. The van der Waals surface area contributed by atoms with E-state index in [0.29, 0.717) is 30.0 Å². The van der Waals surface area contributed by atoms with Gasteiger partial charge < -0.3 is 10.2 Å². The van der Waals surface area contributed by atoms with Crippen molar-refractivity contribution in [2.45, 2.75) is 83.8 Å². The molecule has 4 saturated carbocycles. The Bertz CT molecular complexity index is 531. The third-order valence-electron chi connectivity index (χ3n) is 8.94. The van der Waals surface area contributed by atoms with E-state index in [0.717, 1.165) is 44.9 Å². The Morgan fingerprint density at radius 2 is 1.83 bits per heavy atom. The number of hydrogen-bond donors (Lipinski definition) is 2. The highest BCUT2D eigenvalue weighted by atomic mass is 16.3. The average molecular weight is 320 g/mol. The summed E-state index contributed by atoms with van der Waals surface area (Å²) in [6.45, 7) is 6.67. The second-order valence-electron chi connectivity index (χ2n) is 9.67. The molecule has 0 radical (unpaired) electrons. The molecule has 0 aromatic rings. The first-order valence-electron chi connectivity index (χ1n) is 9.66. The van der Waals surface area contributed by atoms with Crippen LogP contribution in [0.3, 0.4) is 0 Å². The molecule has 2 unspecified atom stereocenters. The number of fused-ring (bicyclic) bond motifs is 5. The highest BCUT2D eigenvalue weighted by molar-refractivity contribution is 5.87. The number of rotatable bonds is 0. The largest absolute Gasteiger partial charge is 0.393 e. The van der Waals surface area contributed by atoms with Crippen molar-refractivity contribution in [1.82, 2.24) is 0 Å². The summed E-state index contributed by atoms with van der Waals surface area (Å²) in [4.78, 5) is 12.5. The lowest BCUT2D eigenvalue weighted by Gasteiger charge is -2.65. The summed E-state index contributed by atoms with van der Waals surface area (Å²) < 4.78 is 0. The molecule has 0 aromatic heterocycles. The fourth-order valence-electron chi connectivity index (χ4n) is 7.43. The molecule has 3 nitrogen and oxygen atoms in total. The van der Waals surface area contributed by atoms with Gasteiger partial charge in [0.15, 0.2) is 0 Å². The molecule has 4 rings (SSSR count). The number of aliphatic hydroxyl groups excluding tert-OH is 1. The topological polar surface area (TPSA) is 57.5 Å². The zero-order chi connectivity index (χ0) is 16.6. The minimum atomic E-state index is -0.734. The predicted molar refractivity (Wildman–Crippen MR) is 88.7 cm³/mol. The normalized spacial score (nSPS) is 59.2. The molecule has 23 heavy (non-hydrogen) atoms. The molecule has 3 heteroatoms. The zero-order valence-corrected chi connectivity index (χ0v) is 14.8. The summed E-state index contributed by atoms with van der Waals surface area (Å²) in [6.07, 6.45) is 6.84. The Kier molecular flexibility index (Phi) is 3.37. The van der Waals surface area contributed by atoms with Crippen molar-refractivity contribution < 1.29 is 15.0 Å². The molecule has 4 aliphatic carbocycles. The first kappa shape index (κ1) is 16.1. The lowest BCUT2D eigenvalue weighted by atomic mass is 9.41. The van der Waals surface area contributed by atoms with Crippen molar-refractivity contribution in [2.75, 3.05) is 0 Å². The molecule has 0 bridgehead atoms. The van der Waals surface area contributed by atoms with Crippen molar-refractivity contribution in [1.29, 1.82) is 0 Å². The summed E-state index contributed by atoms with van der Waals surface area (Å²) in [5.74, 6) is 2.31. The maximum atomic E-state index is 12.5. The van der Waals surface area contributed by atoms with Crippen molar-refractivity contribution >= 4 is 5.78 Å². The van der Waals surface area contributed by atoms with Crippen LogP contribution in [-0.4, -0.2) is 27.7 Å². The van der Waals surface area contributed by atoms with Gasteiger partial charge in [-0.15, -0.1) is 0 Å². The summed E-state index contributed by atoms with van der Waals surface area (Å²) in [7, 11) is 0. The van der Waals surface area contributed by atoms with Gasteiger partial charge >= 0.3 is 0 Å². The molecule has 0 spiro atoms. The Morgan fingerprint density at radius 1 is 1.09 bits per heavy atom.